The van der Waals surface area contributed by atoms with Crippen molar-refractivity contribution >= 4 is 11.6 Å². The number of anilines is 1. The number of aliphatic hydroxyl groups is 1. The van der Waals surface area contributed by atoms with Gasteiger partial charge in [0.2, 0.25) is 5.91 Å². The van der Waals surface area contributed by atoms with E-state index < -0.39 is 0 Å². The Kier molecular flexibility index (Phi) is 5.98. The van der Waals surface area contributed by atoms with Crippen molar-refractivity contribution in [2.45, 2.75) is 6.42 Å². The van der Waals surface area contributed by atoms with Crippen molar-refractivity contribution < 1.29 is 19.7 Å². The Morgan fingerprint density at radius 1 is 1.05 bits per heavy atom. The van der Waals surface area contributed by atoms with Crippen molar-refractivity contribution in [3.63, 3.8) is 0 Å². The van der Waals surface area contributed by atoms with E-state index in [-0.39, 0.29) is 12.5 Å². The highest BCUT2D eigenvalue weighted by Gasteiger charge is 2.22. The number of nitrogens with one attached hydrogen (secondary N) is 3. The van der Waals surface area contributed by atoms with Crippen LogP contribution < -0.4 is 15.1 Å². The van der Waals surface area contributed by atoms with Gasteiger partial charge in [0.1, 0.15) is 32.7 Å². The van der Waals surface area contributed by atoms with Gasteiger partial charge in [0.15, 0.2) is 0 Å². The summed E-state index contributed by atoms with van der Waals surface area (Å²) >= 11 is 0. The van der Waals surface area contributed by atoms with Gasteiger partial charge in [-0.3, -0.25) is 4.79 Å². The molecule has 4 N–H and O–H groups in total. The topological polar surface area (TPSA) is 58.2 Å². The first-order valence-electron chi connectivity index (χ1n) is 7.41. The standard InChI is InChI=1S/C15H23N3O2/c19-13-12-18-10-8-17(9-11-18)7-6-15(20)16-14-4-2-1-3-5-14/h1-5,19H,6-13H2,(H,16,20)/p+2. The molecule has 1 aliphatic rings. The monoisotopic (exact) mass is 279 g/mol. The molecule has 5 nitrogen and oxygen atoms in total. The second kappa shape index (κ2) is 7.99. The number of piperazine rings is 1. The lowest BCUT2D eigenvalue weighted by Crippen LogP contribution is -3.28. The van der Waals surface area contributed by atoms with Crippen LogP contribution in [0.4, 0.5) is 5.69 Å². The van der Waals surface area contributed by atoms with E-state index in [4.69, 9.17) is 5.11 Å². The van der Waals surface area contributed by atoms with Crippen LogP contribution in [0.2, 0.25) is 0 Å². The SMILES string of the molecule is O=C(CC[NH+]1CC[NH+](CCO)CC1)Nc1ccccc1. The maximum Gasteiger partial charge on any atom is 0.230 e. The molecule has 0 spiro atoms. The Hall–Kier alpha value is -1.43. The molecule has 0 radical (unpaired) electrons. The summed E-state index contributed by atoms with van der Waals surface area (Å²) in [5.41, 5.74) is 0.865. The molecule has 110 valence electrons. The average Bonchev–Trinajstić information content (AvgIpc) is 2.48. The second-order valence-electron chi connectivity index (χ2n) is 5.39. The Morgan fingerprint density at radius 3 is 2.25 bits per heavy atom. The minimum atomic E-state index is 0.0915. The molecule has 0 aliphatic carbocycles. The van der Waals surface area contributed by atoms with Crippen molar-refractivity contribution in [1.82, 2.24) is 0 Å². The van der Waals surface area contributed by atoms with Crippen LogP contribution in [0.25, 0.3) is 0 Å². The summed E-state index contributed by atoms with van der Waals surface area (Å²) in [5.74, 6) is 0.0915. The zero-order valence-corrected chi connectivity index (χ0v) is 11.9. The highest BCUT2D eigenvalue weighted by atomic mass is 16.3. The van der Waals surface area contributed by atoms with Crippen LogP contribution in [0.1, 0.15) is 6.42 Å². The van der Waals surface area contributed by atoms with Crippen LogP contribution in [-0.4, -0.2) is 56.9 Å². The van der Waals surface area contributed by atoms with Crippen LogP contribution in [0.3, 0.4) is 0 Å². The fourth-order valence-corrected chi connectivity index (χ4v) is 2.65. The minimum Gasteiger partial charge on any atom is -0.391 e. The predicted molar refractivity (Wildman–Crippen MR) is 77.9 cm³/mol. The molecule has 1 amide bonds. The van der Waals surface area contributed by atoms with Gasteiger partial charge >= 0.3 is 0 Å². The third-order valence-electron chi connectivity index (χ3n) is 3.89. The number of benzene rings is 1. The molecule has 0 aromatic heterocycles. The molecular formula is C15H25N3O2+2. The molecule has 1 saturated heterocycles. The van der Waals surface area contributed by atoms with E-state index in [0.717, 1.165) is 45.0 Å². The summed E-state index contributed by atoms with van der Waals surface area (Å²) < 4.78 is 0. The molecule has 1 heterocycles. The summed E-state index contributed by atoms with van der Waals surface area (Å²) in [6, 6.07) is 9.59. The van der Waals surface area contributed by atoms with Crippen LogP contribution in [0.15, 0.2) is 30.3 Å². The molecule has 5 heteroatoms. The molecule has 0 atom stereocenters. The average molecular weight is 279 g/mol. The summed E-state index contributed by atoms with van der Waals surface area (Å²) in [4.78, 5) is 14.8. The van der Waals surface area contributed by atoms with Gasteiger partial charge in [0.05, 0.1) is 19.6 Å². The molecule has 2 rings (SSSR count). The Bertz CT molecular complexity index is 403. The van der Waals surface area contributed by atoms with Crippen molar-refractivity contribution in [2.24, 2.45) is 0 Å². The third kappa shape index (κ3) is 4.92. The Balaban J connectivity index is 1.64. The quantitative estimate of drug-likeness (QED) is 0.477. The van der Waals surface area contributed by atoms with E-state index in [1.165, 1.54) is 9.80 Å². The van der Waals surface area contributed by atoms with E-state index in [1.54, 1.807) is 0 Å². The van der Waals surface area contributed by atoms with Crippen molar-refractivity contribution in [1.29, 1.82) is 0 Å². The first-order valence-corrected chi connectivity index (χ1v) is 7.41. The van der Waals surface area contributed by atoms with Crippen LogP contribution in [0.5, 0.6) is 0 Å². The zero-order valence-electron chi connectivity index (χ0n) is 11.9. The van der Waals surface area contributed by atoms with E-state index in [0.29, 0.717) is 6.42 Å². The van der Waals surface area contributed by atoms with Gasteiger partial charge in [-0.15, -0.1) is 0 Å². The smallest absolute Gasteiger partial charge is 0.230 e. The first kappa shape index (κ1) is 15.0. The molecule has 1 fully saturated rings. The number of amides is 1. The predicted octanol–water partition coefficient (Wildman–Crippen LogP) is -2.21. The third-order valence-corrected chi connectivity index (χ3v) is 3.89. The second-order valence-corrected chi connectivity index (χ2v) is 5.39. The number of hydrogen-bond acceptors (Lipinski definition) is 2. The fraction of sp³-hybridized carbons (Fsp3) is 0.533. The molecule has 0 bridgehead atoms. The van der Waals surface area contributed by atoms with E-state index in [1.807, 2.05) is 30.3 Å². The van der Waals surface area contributed by atoms with Crippen LogP contribution >= 0.6 is 0 Å². The van der Waals surface area contributed by atoms with E-state index in [2.05, 4.69) is 5.32 Å². The number of carbonyl (C=O) groups is 1. The van der Waals surface area contributed by atoms with Gasteiger partial charge in [0.25, 0.3) is 0 Å². The normalized spacial score (nSPS) is 22.4. The highest BCUT2D eigenvalue weighted by molar-refractivity contribution is 5.90. The molecule has 1 aliphatic heterocycles. The number of para-hydroxylation sites is 1. The van der Waals surface area contributed by atoms with Crippen molar-refractivity contribution in [3.8, 4) is 0 Å². The summed E-state index contributed by atoms with van der Waals surface area (Å²) in [6.45, 7) is 6.38. The first-order chi connectivity index (χ1) is 9.78. The molecular weight excluding hydrogens is 254 g/mol. The van der Waals surface area contributed by atoms with Gasteiger partial charge in [-0.1, -0.05) is 18.2 Å². The number of hydrogen-bond donors (Lipinski definition) is 4. The van der Waals surface area contributed by atoms with Crippen LogP contribution in [-0.2, 0) is 4.79 Å². The highest BCUT2D eigenvalue weighted by Crippen LogP contribution is 2.04. The maximum atomic E-state index is 11.9. The van der Waals surface area contributed by atoms with Crippen molar-refractivity contribution in [2.75, 3.05) is 51.2 Å². The lowest BCUT2D eigenvalue weighted by molar-refractivity contribution is -1.01. The summed E-state index contributed by atoms with van der Waals surface area (Å²) in [6.07, 6.45) is 0.569. The number of aliphatic hydroxyl groups excluding tert-OH is 1. The van der Waals surface area contributed by atoms with Gasteiger partial charge in [0, 0.05) is 5.69 Å². The maximum absolute atomic E-state index is 11.9. The summed E-state index contributed by atoms with van der Waals surface area (Å²) in [7, 11) is 0. The lowest BCUT2D eigenvalue weighted by Gasteiger charge is -2.29. The van der Waals surface area contributed by atoms with Gasteiger partial charge < -0.3 is 20.2 Å². The fourth-order valence-electron chi connectivity index (χ4n) is 2.65. The van der Waals surface area contributed by atoms with Crippen molar-refractivity contribution in [3.05, 3.63) is 30.3 Å². The lowest BCUT2D eigenvalue weighted by atomic mass is 10.2. The van der Waals surface area contributed by atoms with Gasteiger partial charge in [-0.2, -0.15) is 0 Å². The summed E-state index contributed by atoms with van der Waals surface area (Å²) in [5, 5.41) is 11.8. The number of quaternary nitrogens is 2. The van der Waals surface area contributed by atoms with Crippen LogP contribution in [0, 0.1) is 0 Å². The molecule has 0 saturated carbocycles. The Morgan fingerprint density at radius 2 is 1.65 bits per heavy atom. The molecule has 1 aromatic rings. The molecule has 0 unspecified atom stereocenters. The number of carbonyl (C=O) groups excluding carboxylic acids is 1. The van der Waals surface area contributed by atoms with E-state index in [9.17, 15) is 4.79 Å². The minimum absolute atomic E-state index is 0.0915. The van der Waals surface area contributed by atoms with E-state index >= 15 is 0 Å². The van der Waals surface area contributed by atoms with Gasteiger partial charge in [-0.05, 0) is 12.1 Å². The largest absolute Gasteiger partial charge is 0.391 e. The number of rotatable bonds is 6. The molecule has 20 heavy (non-hydrogen) atoms. The van der Waals surface area contributed by atoms with Gasteiger partial charge in [-0.25, -0.2) is 0 Å². The molecule has 1 aromatic carbocycles. The Labute approximate surface area is 120 Å². The zero-order chi connectivity index (χ0) is 14.2.